The van der Waals surface area contributed by atoms with Gasteiger partial charge in [-0.05, 0) is 24.5 Å². The van der Waals surface area contributed by atoms with Gasteiger partial charge in [-0.15, -0.1) is 0 Å². The van der Waals surface area contributed by atoms with Crippen molar-refractivity contribution in [3.05, 3.63) is 29.3 Å². The number of nitrogens with one attached hydrogen (secondary N) is 1. The summed E-state index contributed by atoms with van der Waals surface area (Å²) < 4.78 is 46.6. The number of fused-ring (bicyclic) bond motifs is 1. The molecule has 0 bridgehead atoms. The van der Waals surface area contributed by atoms with Gasteiger partial charge in [0.1, 0.15) is 11.3 Å². The minimum absolute atomic E-state index is 0.0155. The Morgan fingerprint density at radius 3 is 2.68 bits per heavy atom. The van der Waals surface area contributed by atoms with Crippen LogP contribution in [0.25, 0.3) is 0 Å². The van der Waals surface area contributed by atoms with Crippen molar-refractivity contribution in [2.75, 3.05) is 13.4 Å². The minimum Gasteiger partial charge on any atom is -0.534 e. The van der Waals surface area contributed by atoms with Gasteiger partial charge < -0.3 is 29.2 Å². The van der Waals surface area contributed by atoms with Gasteiger partial charge in [-0.3, -0.25) is 4.79 Å². The summed E-state index contributed by atoms with van der Waals surface area (Å²) in [5.41, 5.74) is 0.327. The molecule has 1 aliphatic heterocycles. The van der Waals surface area contributed by atoms with E-state index in [9.17, 15) is 28.2 Å². The van der Waals surface area contributed by atoms with Gasteiger partial charge in [0.15, 0.2) is 0 Å². The van der Waals surface area contributed by atoms with E-state index in [1.807, 2.05) is 6.92 Å². The molecule has 2 rings (SSSR count). The lowest BCUT2D eigenvalue weighted by Gasteiger charge is -2.30. The van der Waals surface area contributed by atoms with Crippen LogP contribution in [0.5, 0.6) is 5.75 Å². The molecule has 1 aromatic carbocycles. The molecule has 1 aromatic rings. The Bertz CT molecular complexity index is 807. The highest BCUT2D eigenvalue weighted by Crippen LogP contribution is 2.31. The zero-order valence-corrected chi connectivity index (χ0v) is 17.2. The molecular weight excluding hydrogens is 419 g/mol. The normalized spacial score (nSPS) is 15.4. The third-order valence-corrected chi connectivity index (χ3v) is 4.52. The van der Waals surface area contributed by atoms with Crippen molar-refractivity contribution in [1.82, 2.24) is 5.32 Å². The number of carbonyl (C=O) groups excluding carboxylic acids is 3. The number of alkyl halides is 2. The average Bonchev–Trinajstić information content (AvgIpc) is 2.73. The molecule has 0 saturated heterocycles. The van der Waals surface area contributed by atoms with Crippen LogP contribution in [0.2, 0.25) is 0 Å². The highest BCUT2D eigenvalue weighted by atomic mass is 19.3. The second-order valence-corrected chi connectivity index (χ2v) is 6.79. The predicted molar refractivity (Wildman–Crippen MR) is 104 cm³/mol. The molecule has 1 atom stereocenters. The van der Waals surface area contributed by atoms with E-state index in [1.54, 1.807) is 6.07 Å². The van der Waals surface area contributed by atoms with E-state index in [2.05, 4.69) is 10.1 Å². The van der Waals surface area contributed by atoms with Gasteiger partial charge in [0.25, 0.3) is 5.91 Å². The molecule has 0 radical (unpaired) electrons. The largest absolute Gasteiger partial charge is 0.547 e. The first-order valence-electron chi connectivity index (χ1n) is 9.81. The average molecular weight is 443 g/mol. The maximum absolute atomic E-state index is 13.5. The number of para-hydroxylation sites is 1. The van der Waals surface area contributed by atoms with E-state index < -0.39 is 50.2 Å². The second-order valence-electron chi connectivity index (χ2n) is 6.79. The predicted octanol–water partition coefficient (Wildman–Crippen LogP) is 2.24. The van der Waals surface area contributed by atoms with Crippen LogP contribution >= 0.6 is 0 Å². The van der Waals surface area contributed by atoms with Crippen LogP contribution in [0.15, 0.2) is 18.2 Å². The fourth-order valence-electron chi connectivity index (χ4n) is 2.69. The molecule has 31 heavy (non-hydrogen) atoms. The Morgan fingerprint density at radius 1 is 1.26 bits per heavy atom. The van der Waals surface area contributed by atoms with Crippen molar-refractivity contribution in [3.63, 3.8) is 0 Å². The topological polar surface area (TPSA) is 120 Å². The number of hydrogen-bond acceptors (Lipinski definition) is 8. The number of amides is 1. The first-order chi connectivity index (χ1) is 14.7. The number of halogens is 2. The quantitative estimate of drug-likeness (QED) is 0.258. The Labute approximate surface area is 178 Å². The van der Waals surface area contributed by atoms with Crippen molar-refractivity contribution >= 4 is 25.2 Å². The van der Waals surface area contributed by atoms with Crippen LogP contribution in [-0.4, -0.2) is 55.4 Å². The maximum Gasteiger partial charge on any atom is 0.547 e. The zero-order valence-electron chi connectivity index (χ0n) is 17.2. The molecule has 0 unspecified atom stereocenters. The van der Waals surface area contributed by atoms with Crippen LogP contribution in [0.4, 0.5) is 13.6 Å². The highest BCUT2D eigenvalue weighted by Gasteiger charge is 2.43. The van der Waals surface area contributed by atoms with Gasteiger partial charge in [-0.1, -0.05) is 32.4 Å². The van der Waals surface area contributed by atoms with Gasteiger partial charge >= 0.3 is 25.2 Å². The molecule has 9 nitrogen and oxygen atoms in total. The molecule has 1 aliphatic rings. The Morgan fingerprint density at radius 2 is 2.00 bits per heavy atom. The maximum atomic E-state index is 13.5. The molecular formula is C19H24BF2NO8. The molecule has 1 heterocycles. The fourth-order valence-corrected chi connectivity index (χ4v) is 2.69. The summed E-state index contributed by atoms with van der Waals surface area (Å²) >= 11 is 0. The summed E-state index contributed by atoms with van der Waals surface area (Å²) in [5, 5.41) is 12.2. The zero-order chi connectivity index (χ0) is 23.0. The van der Waals surface area contributed by atoms with Crippen molar-refractivity contribution in [3.8, 4) is 5.75 Å². The van der Waals surface area contributed by atoms with Crippen molar-refractivity contribution in [1.29, 1.82) is 0 Å². The SMILES string of the molecule is CCCCOC(=O)OCOC(=O)c1cccc2c1OB(O)[C@@H](NC(=O)C(F)(F)CC)C2. The van der Waals surface area contributed by atoms with Crippen LogP contribution < -0.4 is 9.97 Å². The Kier molecular flexibility index (Phi) is 8.60. The lowest BCUT2D eigenvalue weighted by Crippen LogP contribution is -2.56. The molecule has 170 valence electrons. The van der Waals surface area contributed by atoms with Crippen LogP contribution in [0.3, 0.4) is 0 Å². The monoisotopic (exact) mass is 443 g/mol. The summed E-state index contributed by atoms with van der Waals surface area (Å²) in [7, 11) is -1.66. The molecule has 0 saturated carbocycles. The van der Waals surface area contributed by atoms with Crippen molar-refractivity contribution < 1.29 is 47.1 Å². The molecule has 0 fully saturated rings. The summed E-state index contributed by atoms with van der Waals surface area (Å²) in [6.45, 7) is 2.58. The summed E-state index contributed by atoms with van der Waals surface area (Å²) in [4.78, 5) is 35.4. The van der Waals surface area contributed by atoms with E-state index in [1.165, 1.54) is 12.1 Å². The fraction of sp³-hybridized carbons (Fsp3) is 0.526. The smallest absolute Gasteiger partial charge is 0.534 e. The number of esters is 1. The van der Waals surface area contributed by atoms with Gasteiger partial charge in [0, 0.05) is 6.42 Å². The summed E-state index contributed by atoms with van der Waals surface area (Å²) in [6.07, 6.45) is -0.223. The van der Waals surface area contributed by atoms with Gasteiger partial charge in [0.2, 0.25) is 6.79 Å². The van der Waals surface area contributed by atoms with Crippen molar-refractivity contribution in [2.45, 2.75) is 51.4 Å². The highest BCUT2D eigenvalue weighted by molar-refractivity contribution is 6.47. The second kappa shape index (κ2) is 10.9. The molecule has 0 spiro atoms. The first kappa shape index (κ1) is 24.4. The van der Waals surface area contributed by atoms with Crippen LogP contribution in [0.1, 0.15) is 49.0 Å². The molecule has 0 aromatic heterocycles. The van der Waals surface area contributed by atoms with E-state index in [4.69, 9.17) is 14.1 Å². The number of unbranched alkanes of at least 4 members (excludes halogenated alkanes) is 1. The Hall–Kier alpha value is -2.89. The van der Waals surface area contributed by atoms with Crippen LogP contribution in [-0.2, 0) is 25.4 Å². The number of ether oxygens (including phenoxy) is 3. The van der Waals surface area contributed by atoms with E-state index in [-0.39, 0.29) is 24.3 Å². The summed E-state index contributed by atoms with van der Waals surface area (Å²) in [5.74, 6) is -7.15. The minimum atomic E-state index is -3.58. The number of carbonyl (C=O) groups is 3. The molecule has 12 heteroatoms. The number of hydrogen-bond donors (Lipinski definition) is 2. The lowest BCUT2D eigenvalue weighted by molar-refractivity contribution is -0.146. The van der Waals surface area contributed by atoms with Crippen molar-refractivity contribution in [2.24, 2.45) is 0 Å². The van der Waals surface area contributed by atoms with E-state index >= 15 is 0 Å². The number of benzene rings is 1. The van der Waals surface area contributed by atoms with E-state index in [0.717, 1.165) is 13.3 Å². The molecule has 1 amide bonds. The lowest BCUT2D eigenvalue weighted by atomic mass is 9.72. The van der Waals surface area contributed by atoms with Crippen LogP contribution in [0, 0.1) is 0 Å². The molecule has 0 aliphatic carbocycles. The Balaban J connectivity index is 1.98. The van der Waals surface area contributed by atoms with Gasteiger partial charge in [-0.25, -0.2) is 9.59 Å². The number of rotatable bonds is 9. The van der Waals surface area contributed by atoms with E-state index in [0.29, 0.717) is 12.0 Å². The third kappa shape index (κ3) is 6.55. The molecule has 2 N–H and O–H groups in total. The summed E-state index contributed by atoms with van der Waals surface area (Å²) in [6, 6.07) is 4.41. The van der Waals surface area contributed by atoms with Gasteiger partial charge in [-0.2, -0.15) is 8.78 Å². The standard InChI is InChI=1S/C19H24BF2NO8/c1-3-5-9-28-18(26)30-11-29-16(24)13-8-6-7-12-10-14(20(27)31-15(12)13)23-17(25)19(21,22)4-2/h6-8,14,27H,3-5,9-11H2,1-2H3,(H,23,25)/t14-/m0/s1. The third-order valence-electron chi connectivity index (χ3n) is 4.52. The first-order valence-corrected chi connectivity index (χ1v) is 9.81. The van der Waals surface area contributed by atoms with Gasteiger partial charge in [0.05, 0.1) is 12.5 Å².